The maximum atomic E-state index is 12.2. The topological polar surface area (TPSA) is 99.7 Å². The Balaban J connectivity index is 1.53. The van der Waals surface area contributed by atoms with Crippen molar-refractivity contribution in [1.29, 1.82) is 0 Å². The molecule has 0 aliphatic carbocycles. The number of hydrogen-bond donors (Lipinski definition) is 3. The van der Waals surface area contributed by atoms with Gasteiger partial charge in [-0.2, -0.15) is 5.10 Å². The van der Waals surface area contributed by atoms with Crippen molar-refractivity contribution < 1.29 is 14.4 Å². The summed E-state index contributed by atoms with van der Waals surface area (Å²) in [4.78, 5) is 35.4. The highest BCUT2D eigenvalue weighted by Gasteiger charge is 2.07. The molecule has 0 saturated carbocycles. The van der Waals surface area contributed by atoms with Crippen LogP contribution in [0.5, 0.6) is 0 Å². The van der Waals surface area contributed by atoms with E-state index in [4.69, 9.17) is 0 Å². The fraction of sp³-hybridized carbons (Fsp3) is 0.0435. The van der Waals surface area contributed by atoms with E-state index < -0.39 is 0 Å². The lowest BCUT2D eigenvalue weighted by Gasteiger charge is -2.06. The lowest BCUT2D eigenvalue weighted by atomic mass is 10.1. The van der Waals surface area contributed by atoms with Crippen LogP contribution in [0.4, 0.5) is 11.4 Å². The first kappa shape index (κ1) is 20.5. The zero-order valence-electron chi connectivity index (χ0n) is 16.3. The number of carbonyl (C=O) groups is 3. The van der Waals surface area contributed by atoms with Crippen LogP contribution in [0.3, 0.4) is 0 Å². The first-order valence-electron chi connectivity index (χ1n) is 9.19. The second-order valence-electron chi connectivity index (χ2n) is 6.40. The molecule has 0 fully saturated rings. The molecule has 0 spiro atoms. The van der Waals surface area contributed by atoms with Crippen LogP contribution in [0.25, 0.3) is 0 Å². The molecule has 150 valence electrons. The highest BCUT2D eigenvalue weighted by atomic mass is 16.2. The number of hydrogen-bond acceptors (Lipinski definition) is 4. The predicted molar refractivity (Wildman–Crippen MR) is 117 cm³/mol. The van der Waals surface area contributed by atoms with Crippen LogP contribution >= 0.6 is 0 Å². The van der Waals surface area contributed by atoms with Gasteiger partial charge in [-0.1, -0.05) is 30.3 Å². The zero-order chi connectivity index (χ0) is 21.3. The second kappa shape index (κ2) is 9.79. The molecule has 3 aromatic rings. The Morgan fingerprint density at radius 3 is 1.90 bits per heavy atom. The molecule has 0 heterocycles. The van der Waals surface area contributed by atoms with E-state index in [0.717, 1.165) is 5.56 Å². The van der Waals surface area contributed by atoms with E-state index in [1.807, 2.05) is 6.07 Å². The molecule has 0 radical (unpaired) electrons. The minimum absolute atomic E-state index is 0.144. The number of hydrazone groups is 1. The monoisotopic (exact) mass is 400 g/mol. The Morgan fingerprint density at radius 1 is 0.700 bits per heavy atom. The molecule has 0 aliphatic rings. The number of amides is 3. The molecular formula is C23H20N4O3. The third-order valence-electron chi connectivity index (χ3n) is 4.05. The van der Waals surface area contributed by atoms with Crippen molar-refractivity contribution in [2.75, 3.05) is 10.6 Å². The van der Waals surface area contributed by atoms with Gasteiger partial charge in [-0.05, 0) is 54.1 Å². The lowest BCUT2D eigenvalue weighted by Crippen LogP contribution is -2.17. The normalized spacial score (nSPS) is 10.4. The summed E-state index contributed by atoms with van der Waals surface area (Å²) < 4.78 is 0. The van der Waals surface area contributed by atoms with Gasteiger partial charge >= 0.3 is 0 Å². The van der Waals surface area contributed by atoms with E-state index in [1.54, 1.807) is 72.8 Å². The third kappa shape index (κ3) is 5.87. The number of carbonyl (C=O) groups excluding carboxylic acids is 3. The van der Waals surface area contributed by atoms with Crippen molar-refractivity contribution in [1.82, 2.24) is 5.43 Å². The van der Waals surface area contributed by atoms with Crippen molar-refractivity contribution in [2.24, 2.45) is 5.10 Å². The molecule has 3 rings (SSSR count). The van der Waals surface area contributed by atoms with Gasteiger partial charge in [0.25, 0.3) is 11.8 Å². The Morgan fingerprint density at radius 2 is 1.27 bits per heavy atom. The van der Waals surface area contributed by atoms with Crippen LogP contribution < -0.4 is 16.1 Å². The van der Waals surface area contributed by atoms with Crippen LogP contribution in [0, 0.1) is 0 Å². The number of rotatable bonds is 6. The van der Waals surface area contributed by atoms with Crippen molar-refractivity contribution >= 4 is 35.3 Å². The Kier molecular flexibility index (Phi) is 6.68. The SMILES string of the molecule is CC(=O)Nc1ccc(/C=N\NC(=O)c2ccc(NC(=O)c3ccccc3)cc2)cc1. The third-order valence-corrected chi connectivity index (χ3v) is 4.05. The molecule has 3 amide bonds. The molecule has 0 saturated heterocycles. The minimum Gasteiger partial charge on any atom is -0.326 e. The summed E-state index contributed by atoms with van der Waals surface area (Å²) in [5.74, 6) is -0.738. The summed E-state index contributed by atoms with van der Waals surface area (Å²) >= 11 is 0. The van der Waals surface area contributed by atoms with E-state index in [1.165, 1.54) is 13.1 Å². The fourth-order valence-corrected chi connectivity index (χ4v) is 2.58. The van der Waals surface area contributed by atoms with Crippen LogP contribution in [0.1, 0.15) is 33.2 Å². The van der Waals surface area contributed by atoms with Gasteiger partial charge in [0.2, 0.25) is 5.91 Å². The van der Waals surface area contributed by atoms with Gasteiger partial charge in [-0.25, -0.2) is 5.43 Å². The molecule has 7 heteroatoms. The quantitative estimate of drug-likeness (QED) is 0.435. The maximum Gasteiger partial charge on any atom is 0.271 e. The summed E-state index contributed by atoms with van der Waals surface area (Å²) in [7, 11) is 0. The number of benzene rings is 3. The average molecular weight is 400 g/mol. The van der Waals surface area contributed by atoms with Crippen LogP contribution in [-0.2, 0) is 4.79 Å². The van der Waals surface area contributed by atoms with Gasteiger partial charge < -0.3 is 10.6 Å². The molecule has 3 aromatic carbocycles. The van der Waals surface area contributed by atoms with Crippen molar-refractivity contribution in [3.05, 3.63) is 95.6 Å². The summed E-state index contributed by atoms with van der Waals surface area (Å²) in [5, 5.41) is 9.39. The summed E-state index contributed by atoms with van der Waals surface area (Å²) in [5.41, 5.74) is 5.45. The van der Waals surface area contributed by atoms with Gasteiger partial charge in [0.15, 0.2) is 0 Å². The van der Waals surface area contributed by atoms with Gasteiger partial charge in [0, 0.05) is 29.4 Å². The molecule has 0 unspecified atom stereocenters. The molecule has 0 bridgehead atoms. The van der Waals surface area contributed by atoms with E-state index in [2.05, 4.69) is 21.2 Å². The van der Waals surface area contributed by atoms with Gasteiger partial charge in [0.05, 0.1) is 6.21 Å². The van der Waals surface area contributed by atoms with Crippen LogP contribution in [0.2, 0.25) is 0 Å². The van der Waals surface area contributed by atoms with Gasteiger partial charge in [-0.15, -0.1) is 0 Å². The minimum atomic E-state index is -0.373. The summed E-state index contributed by atoms with van der Waals surface area (Å²) in [6, 6.07) is 22.4. The van der Waals surface area contributed by atoms with Crippen molar-refractivity contribution in [2.45, 2.75) is 6.92 Å². The zero-order valence-corrected chi connectivity index (χ0v) is 16.3. The lowest BCUT2D eigenvalue weighted by molar-refractivity contribution is -0.114. The predicted octanol–water partition coefficient (Wildman–Crippen LogP) is 3.66. The van der Waals surface area contributed by atoms with Gasteiger partial charge in [-0.3, -0.25) is 14.4 Å². The van der Waals surface area contributed by atoms with E-state index in [9.17, 15) is 14.4 Å². The average Bonchev–Trinajstić information content (AvgIpc) is 2.75. The summed E-state index contributed by atoms with van der Waals surface area (Å²) in [6.45, 7) is 1.44. The first-order chi connectivity index (χ1) is 14.5. The Hall–Kier alpha value is -4.26. The fourth-order valence-electron chi connectivity index (χ4n) is 2.58. The van der Waals surface area contributed by atoms with E-state index >= 15 is 0 Å². The first-order valence-corrected chi connectivity index (χ1v) is 9.19. The van der Waals surface area contributed by atoms with Crippen molar-refractivity contribution in [3.63, 3.8) is 0 Å². The summed E-state index contributed by atoms with van der Waals surface area (Å²) in [6.07, 6.45) is 1.50. The van der Waals surface area contributed by atoms with Crippen LogP contribution in [-0.4, -0.2) is 23.9 Å². The number of nitrogens with zero attached hydrogens (tertiary/aromatic N) is 1. The van der Waals surface area contributed by atoms with Crippen molar-refractivity contribution in [3.8, 4) is 0 Å². The molecule has 0 aromatic heterocycles. The standard InChI is InChI=1S/C23H20N4O3/c1-16(28)25-20-11-7-17(8-12-20)15-24-27-23(30)19-9-13-21(14-10-19)26-22(29)18-5-3-2-4-6-18/h2-15H,1H3,(H,25,28)(H,26,29)(H,27,30)/b24-15-. The van der Waals surface area contributed by atoms with Gasteiger partial charge in [0.1, 0.15) is 0 Å². The second-order valence-corrected chi connectivity index (χ2v) is 6.40. The Bertz CT molecular complexity index is 1060. The Labute approximate surface area is 173 Å². The molecular weight excluding hydrogens is 380 g/mol. The molecule has 30 heavy (non-hydrogen) atoms. The van der Waals surface area contributed by atoms with E-state index in [0.29, 0.717) is 22.5 Å². The smallest absolute Gasteiger partial charge is 0.271 e. The molecule has 0 atom stereocenters. The van der Waals surface area contributed by atoms with E-state index in [-0.39, 0.29) is 17.7 Å². The number of nitrogens with one attached hydrogen (secondary N) is 3. The largest absolute Gasteiger partial charge is 0.326 e. The number of anilines is 2. The molecule has 3 N–H and O–H groups in total. The van der Waals surface area contributed by atoms with Crippen LogP contribution in [0.15, 0.2) is 84.0 Å². The maximum absolute atomic E-state index is 12.2. The molecule has 0 aliphatic heterocycles. The highest BCUT2D eigenvalue weighted by Crippen LogP contribution is 2.12. The highest BCUT2D eigenvalue weighted by molar-refractivity contribution is 6.04. The molecule has 7 nitrogen and oxygen atoms in total.